The molecule has 0 aliphatic heterocycles. The van der Waals surface area contributed by atoms with Crippen molar-refractivity contribution in [2.24, 2.45) is 0 Å². The fourth-order valence-corrected chi connectivity index (χ4v) is 3.05. The minimum atomic E-state index is -2.95. The minimum Gasteiger partial charge on any atom is -0.369 e. The normalized spacial score (nSPS) is 11.5. The molecule has 0 unspecified atom stereocenters. The molecule has 0 saturated carbocycles. The van der Waals surface area contributed by atoms with E-state index in [1.165, 1.54) is 6.26 Å². The number of nitrogens with one attached hydrogen (secondary N) is 1. The summed E-state index contributed by atoms with van der Waals surface area (Å²) in [6.45, 7) is 0.532. The maximum atomic E-state index is 11.2. The van der Waals surface area contributed by atoms with Crippen LogP contribution in [-0.4, -0.2) is 41.9 Å². The Hall–Kier alpha value is -2.54. The molecular formula is C17H18N4O2S. The molecular weight excluding hydrogens is 324 g/mol. The molecule has 0 bridgehead atoms. The lowest BCUT2D eigenvalue weighted by Gasteiger charge is -2.10. The molecule has 1 aromatic carbocycles. The van der Waals surface area contributed by atoms with E-state index in [1.54, 1.807) is 12.4 Å². The lowest BCUT2D eigenvalue weighted by atomic mass is 10.2. The topological polar surface area (TPSA) is 84.8 Å². The molecule has 0 radical (unpaired) electrons. The van der Waals surface area contributed by atoms with Gasteiger partial charge in [-0.25, -0.2) is 18.4 Å². The van der Waals surface area contributed by atoms with Gasteiger partial charge in [-0.2, -0.15) is 0 Å². The van der Waals surface area contributed by atoms with E-state index in [-0.39, 0.29) is 5.75 Å². The van der Waals surface area contributed by atoms with Gasteiger partial charge in [-0.3, -0.25) is 4.98 Å². The van der Waals surface area contributed by atoms with Crippen molar-refractivity contribution in [3.63, 3.8) is 0 Å². The summed E-state index contributed by atoms with van der Waals surface area (Å²) >= 11 is 0. The second-order valence-corrected chi connectivity index (χ2v) is 7.82. The molecule has 0 saturated heterocycles. The summed E-state index contributed by atoms with van der Waals surface area (Å²) < 4.78 is 22.5. The van der Waals surface area contributed by atoms with Crippen LogP contribution < -0.4 is 5.32 Å². The SMILES string of the molecule is CS(=O)(=O)CCCNc1nc(-c2ccncc2)nc2ccccc12. The molecule has 0 amide bonds. The molecule has 0 fully saturated rings. The Labute approximate surface area is 140 Å². The van der Waals surface area contributed by atoms with Gasteiger partial charge in [0.2, 0.25) is 0 Å². The molecule has 24 heavy (non-hydrogen) atoms. The van der Waals surface area contributed by atoms with E-state index >= 15 is 0 Å². The van der Waals surface area contributed by atoms with Crippen LogP contribution in [0.2, 0.25) is 0 Å². The second kappa shape index (κ2) is 6.92. The Kier molecular flexibility index (Phi) is 4.71. The van der Waals surface area contributed by atoms with Gasteiger partial charge in [-0.05, 0) is 30.7 Å². The van der Waals surface area contributed by atoms with E-state index in [9.17, 15) is 8.42 Å². The van der Waals surface area contributed by atoms with Gasteiger partial charge in [0.05, 0.1) is 11.3 Å². The smallest absolute Gasteiger partial charge is 0.162 e. The summed E-state index contributed by atoms with van der Waals surface area (Å²) in [5.74, 6) is 1.47. The zero-order valence-electron chi connectivity index (χ0n) is 13.3. The van der Waals surface area contributed by atoms with E-state index in [0.717, 1.165) is 16.5 Å². The third-order valence-electron chi connectivity index (χ3n) is 3.53. The van der Waals surface area contributed by atoms with Crippen LogP contribution in [0, 0.1) is 0 Å². The van der Waals surface area contributed by atoms with E-state index in [4.69, 9.17) is 0 Å². The predicted octanol–water partition coefficient (Wildman–Crippen LogP) is 2.54. The van der Waals surface area contributed by atoms with Gasteiger partial charge in [0, 0.05) is 36.1 Å². The summed E-state index contributed by atoms with van der Waals surface area (Å²) in [6.07, 6.45) is 5.18. The highest BCUT2D eigenvalue weighted by atomic mass is 32.2. The summed E-state index contributed by atoms with van der Waals surface area (Å²) in [4.78, 5) is 13.2. The highest BCUT2D eigenvalue weighted by molar-refractivity contribution is 7.90. The van der Waals surface area contributed by atoms with E-state index in [2.05, 4.69) is 20.3 Å². The van der Waals surface area contributed by atoms with Crippen molar-refractivity contribution >= 4 is 26.6 Å². The Balaban J connectivity index is 1.90. The van der Waals surface area contributed by atoms with E-state index in [1.807, 2.05) is 36.4 Å². The average Bonchev–Trinajstić information content (AvgIpc) is 2.58. The van der Waals surface area contributed by atoms with Crippen molar-refractivity contribution in [3.05, 3.63) is 48.8 Å². The molecule has 0 spiro atoms. The number of aromatic nitrogens is 3. The molecule has 7 heteroatoms. The highest BCUT2D eigenvalue weighted by Gasteiger charge is 2.09. The van der Waals surface area contributed by atoms with Crippen LogP contribution in [0.25, 0.3) is 22.3 Å². The van der Waals surface area contributed by atoms with Gasteiger partial charge in [-0.15, -0.1) is 0 Å². The van der Waals surface area contributed by atoms with Gasteiger partial charge in [0.15, 0.2) is 5.82 Å². The first kappa shape index (κ1) is 16.3. The predicted molar refractivity (Wildman–Crippen MR) is 95.6 cm³/mol. The average molecular weight is 342 g/mol. The van der Waals surface area contributed by atoms with Crippen molar-refractivity contribution in [2.45, 2.75) is 6.42 Å². The largest absolute Gasteiger partial charge is 0.369 e. The van der Waals surface area contributed by atoms with Crippen LogP contribution in [0.5, 0.6) is 0 Å². The van der Waals surface area contributed by atoms with Crippen molar-refractivity contribution in [3.8, 4) is 11.4 Å². The first-order chi connectivity index (χ1) is 11.5. The van der Waals surface area contributed by atoms with Crippen LogP contribution in [-0.2, 0) is 9.84 Å². The molecule has 2 heterocycles. The Bertz CT molecular complexity index is 943. The fraction of sp³-hybridized carbons (Fsp3) is 0.235. The molecule has 2 aromatic heterocycles. The fourth-order valence-electron chi connectivity index (χ4n) is 2.38. The number of hydrogen-bond donors (Lipinski definition) is 1. The third-order valence-corrected chi connectivity index (χ3v) is 4.56. The number of fused-ring (bicyclic) bond motifs is 1. The van der Waals surface area contributed by atoms with Crippen molar-refractivity contribution in [1.29, 1.82) is 0 Å². The van der Waals surface area contributed by atoms with E-state index < -0.39 is 9.84 Å². The summed E-state index contributed by atoms with van der Waals surface area (Å²) in [5, 5.41) is 4.15. The van der Waals surface area contributed by atoms with Gasteiger partial charge in [-0.1, -0.05) is 12.1 Å². The lowest BCUT2D eigenvalue weighted by Crippen LogP contribution is -2.11. The molecule has 3 rings (SSSR count). The number of hydrogen-bond acceptors (Lipinski definition) is 6. The molecule has 0 aliphatic carbocycles. The van der Waals surface area contributed by atoms with Crippen LogP contribution >= 0.6 is 0 Å². The second-order valence-electron chi connectivity index (χ2n) is 5.56. The third kappa shape index (κ3) is 4.05. The number of pyridine rings is 1. The summed E-state index contributed by atoms with van der Waals surface area (Å²) in [7, 11) is -2.95. The summed E-state index contributed by atoms with van der Waals surface area (Å²) in [6, 6.07) is 11.5. The molecule has 0 aliphatic rings. The Morgan fingerprint density at radius 3 is 2.54 bits per heavy atom. The Morgan fingerprint density at radius 1 is 1.04 bits per heavy atom. The first-order valence-electron chi connectivity index (χ1n) is 7.62. The monoisotopic (exact) mass is 342 g/mol. The van der Waals surface area contributed by atoms with Gasteiger partial charge in [0.1, 0.15) is 15.7 Å². The quantitative estimate of drug-likeness (QED) is 0.693. The van der Waals surface area contributed by atoms with Gasteiger partial charge >= 0.3 is 0 Å². The number of rotatable bonds is 6. The number of sulfone groups is 1. The maximum absolute atomic E-state index is 11.2. The number of para-hydroxylation sites is 1. The van der Waals surface area contributed by atoms with Gasteiger partial charge < -0.3 is 5.32 Å². The lowest BCUT2D eigenvalue weighted by molar-refractivity contribution is 0.600. The number of anilines is 1. The zero-order chi connectivity index (χ0) is 17.0. The molecule has 124 valence electrons. The molecule has 0 atom stereocenters. The maximum Gasteiger partial charge on any atom is 0.162 e. The van der Waals surface area contributed by atoms with Crippen LogP contribution in [0.4, 0.5) is 5.82 Å². The van der Waals surface area contributed by atoms with Crippen LogP contribution in [0.3, 0.4) is 0 Å². The standard InChI is InChI=1S/C17H18N4O2S/c1-24(22,23)12-4-9-19-17-14-5-2-3-6-15(14)20-16(21-17)13-7-10-18-11-8-13/h2-3,5-8,10-11H,4,9,12H2,1H3,(H,19,20,21). The highest BCUT2D eigenvalue weighted by Crippen LogP contribution is 2.24. The van der Waals surface area contributed by atoms with Crippen molar-refractivity contribution < 1.29 is 8.42 Å². The number of benzene rings is 1. The molecule has 6 nitrogen and oxygen atoms in total. The van der Waals surface area contributed by atoms with Gasteiger partial charge in [0.25, 0.3) is 0 Å². The first-order valence-corrected chi connectivity index (χ1v) is 9.68. The minimum absolute atomic E-state index is 0.153. The summed E-state index contributed by atoms with van der Waals surface area (Å²) in [5.41, 5.74) is 1.72. The van der Waals surface area contributed by atoms with Crippen molar-refractivity contribution in [2.75, 3.05) is 23.9 Å². The number of nitrogens with zero attached hydrogens (tertiary/aromatic N) is 3. The molecule has 3 aromatic rings. The van der Waals surface area contributed by atoms with Crippen molar-refractivity contribution in [1.82, 2.24) is 15.0 Å². The zero-order valence-corrected chi connectivity index (χ0v) is 14.1. The Morgan fingerprint density at radius 2 is 1.79 bits per heavy atom. The molecule has 1 N–H and O–H groups in total. The van der Waals surface area contributed by atoms with E-state index in [0.29, 0.717) is 24.6 Å². The van der Waals surface area contributed by atoms with Crippen LogP contribution in [0.15, 0.2) is 48.8 Å². The van der Waals surface area contributed by atoms with Crippen LogP contribution in [0.1, 0.15) is 6.42 Å².